The first-order chi connectivity index (χ1) is 9.88. The maximum Gasteiger partial charge on any atom is 0.127 e. The lowest BCUT2D eigenvalue weighted by Gasteiger charge is -2.08. The minimum Gasteiger partial charge on any atom is -0.457 e. The topological polar surface area (TPSA) is 21.3 Å². The second kappa shape index (κ2) is 8.18. The highest BCUT2D eigenvalue weighted by Gasteiger charge is 1.99. The minimum atomic E-state index is 0.872. The van der Waals surface area contributed by atoms with Crippen molar-refractivity contribution in [1.82, 2.24) is 5.32 Å². The van der Waals surface area contributed by atoms with Crippen molar-refractivity contribution in [3.05, 3.63) is 72.8 Å². The molecule has 0 aliphatic rings. The molecule has 0 saturated carbocycles. The summed E-state index contributed by atoms with van der Waals surface area (Å²) in [7, 11) is 0. The quantitative estimate of drug-likeness (QED) is 0.572. The van der Waals surface area contributed by atoms with Crippen LogP contribution in [0.4, 0.5) is 0 Å². The van der Waals surface area contributed by atoms with Crippen LogP contribution in [-0.4, -0.2) is 13.1 Å². The van der Waals surface area contributed by atoms with E-state index in [2.05, 4.69) is 24.0 Å². The normalized spacial score (nSPS) is 10.2. The number of hydrogen-bond donors (Lipinski definition) is 1. The predicted octanol–water partition coefficient (Wildman–Crippen LogP) is 4.19. The highest BCUT2D eigenvalue weighted by Crippen LogP contribution is 2.22. The molecule has 0 saturated heterocycles. The average Bonchev–Trinajstić information content (AvgIpc) is 2.48. The molecule has 2 heteroatoms. The number of nitrogens with one attached hydrogen (secondary N) is 1. The Morgan fingerprint density at radius 2 is 1.80 bits per heavy atom. The van der Waals surface area contributed by atoms with Crippen molar-refractivity contribution in [1.29, 1.82) is 0 Å². The highest BCUT2D eigenvalue weighted by molar-refractivity contribution is 5.33. The van der Waals surface area contributed by atoms with E-state index in [4.69, 9.17) is 4.74 Å². The smallest absolute Gasteiger partial charge is 0.127 e. The van der Waals surface area contributed by atoms with Crippen molar-refractivity contribution in [2.24, 2.45) is 0 Å². The molecule has 2 nitrogen and oxygen atoms in total. The van der Waals surface area contributed by atoms with Gasteiger partial charge in [-0.05, 0) is 49.2 Å². The van der Waals surface area contributed by atoms with Crippen LogP contribution in [0.2, 0.25) is 0 Å². The summed E-state index contributed by atoms with van der Waals surface area (Å²) in [4.78, 5) is 0. The molecule has 0 aliphatic heterocycles. The largest absolute Gasteiger partial charge is 0.457 e. The van der Waals surface area contributed by atoms with Gasteiger partial charge in [-0.3, -0.25) is 0 Å². The summed E-state index contributed by atoms with van der Waals surface area (Å²) in [5.74, 6) is 1.77. The summed E-state index contributed by atoms with van der Waals surface area (Å²) in [6.07, 6.45) is 4.05. The van der Waals surface area contributed by atoms with E-state index >= 15 is 0 Å². The lowest BCUT2D eigenvalue weighted by atomic mass is 10.1. The molecule has 2 aromatic carbocycles. The predicted molar refractivity (Wildman–Crippen MR) is 84.3 cm³/mol. The van der Waals surface area contributed by atoms with Crippen molar-refractivity contribution in [3.63, 3.8) is 0 Å². The molecule has 2 rings (SSSR count). The van der Waals surface area contributed by atoms with Gasteiger partial charge in [0.1, 0.15) is 11.5 Å². The van der Waals surface area contributed by atoms with Gasteiger partial charge in [0.2, 0.25) is 0 Å². The van der Waals surface area contributed by atoms with Crippen molar-refractivity contribution in [2.75, 3.05) is 13.1 Å². The van der Waals surface area contributed by atoms with Crippen LogP contribution in [0.1, 0.15) is 12.0 Å². The van der Waals surface area contributed by atoms with Crippen LogP contribution in [0.25, 0.3) is 0 Å². The zero-order chi connectivity index (χ0) is 14.0. The molecular weight excluding hydrogens is 246 g/mol. The molecule has 0 unspecified atom stereocenters. The fraction of sp³-hybridized carbons (Fsp3) is 0.222. The van der Waals surface area contributed by atoms with E-state index in [0.717, 1.165) is 37.4 Å². The number of aryl methyl sites for hydroxylation is 1. The molecule has 0 heterocycles. The maximum absolute atomic E-state index is 5.83. The number of para-hydroxylation sites is 1. The van der Waals surface area contributed by atoms with Gasteiger partial charge in [0, 0.05) is 6.54 Å². The summed E-state index contributed by atoms with van der Waals surface area (Å²) >= 11 is 0. The third kappa shape index (κ3) is 4.90. The van der Waals surface area contributed by atoms with Gasteiger partial charge in [-0.15, -0.1) is 6.58 Å². The standard InChI is InChI=1S/C18H21NO/c1-2-13-19-14-7-9-16-8-6-12-18(15-16)20-17-10-4-3-5-11-17/h2-6,8,10-12,15,19H,1,7,9,13-14H2. The Morgan fingerprint density at radius 3 is 2.60 bits per heavy atom. The lowest BCUT2D eigenvalue weighted by Crippen LogP contribution is -2.15. The maximum atomic E-state index is 5.83. The first kappa shape index (κ1) is 14.4. The fourth-order valence-corrected chi connectivity index (χ4v) is 2.01. The van der Waals surface area contributed by atoms with E-state index in [1.165, 1.54) is 5.56 Å². The first-order valence-electron chi connectivity index (χ1n) is 7.02. The lowest BCUT2D eigenvalue weighted by molar-refractivity contribution is 0.482. The van der Waals surface area contributed by atoms with E-state index in [1.807, 2.05) is 48.5 Å². The minimum absolute atomic E-state index is 0.872. The van der Waals surface area contributed by atoms with E-state index in [1.54, 1.807) is 0 Å². The molecule has 2 aromatic rings. The van der Waals surface area contributed by atoms with Crippen LogP contribution < -0.4 is 10.1 Å². The van der Waals surface area contributed by atoms with Crippen LogP contribution in [-0.2, 0) is 6.42 Å². The Morgan fingerprint density at radius 1 is 1.00 bits per heavy atom. The summed E-state index contributed by atoms with van der Waals surface area (Å²) < 4.78 is 5.83. The van der Waals surface area contributed by atoms with E-state index in [-0.39, 0.29) is 0 Å². The number of rotatable bonds is 8. The van der Waals surface area contributed by atoms with Gasteiger partial charge in [0.25, 0.3) is 0 Å². The molecular formula is C18H21NO. The van der Waals surface area contributed by atoms with Crippen LogP contribution >= 0.6 is 0 Å². The van der Waals surface area contributed by atoms with Crippen molar-refractivity contribution in [2.45, 2.75) is 12.8 Å². The zero-order valence-corrected chi connectivity index (χ0v) is 11.7. The molecule has 0 atom stereocenters. The fourth-order valence-electron chi connectivity index (χ4n) is 2.01. The van der Waals surface area contributed by atoms with Gasteiger partial charge >= 0.3 is 0 Å². The Hall–Kier alpha value is -2.06. The number of ether oxygens (including phenoxy) is 1. The molecule has 0 fully saturated rings. The van der Waals surface area contributed by atoms with Crippen LogP contribution in [0.5, 0.6) is 11.5 Å². The zero-order valence-electron chi connectivity index (χ0n) is 11.7. The van der Waals surface area contributed by atoms with Gasteiger partial charge in [0.05, 0.1) is 0 Å². The Labute approximate surface area is 121 Å². The van der Waals surface area contributed by atoms with Crippen molar-refractivity contribution in [3.8, 4) is 11.5 Å². The second-order valence-corrected chi connectivity index (χ2v) is 4.66. The molecule has 0 radical (unpaired) electrons. The van der Waals surface area contributed by atoms with E-state index < -0.39 is 0 Å². The van der Waals surface area contributed by atoms with Gasteiger partial charge in [0.15, 0.2) is 0 Å². The molecule has 0 aliphatic carbocycles. The first-order valence-corrected chi connectivity index (χ1v) is 7.02. The van der Waals surface area contributed by atoms with Crippen LogP contribution in [0.3, 0.4) is 0 Å². The Bertz CT molecular complexity index is 522. The highest BCUT2D eigenvalue weighted by atomic mass is 16.5. The molecule has 1 N–H and O–H groups in total. The summed E-state index contributed by atoms with van der Waals surface area (Å²) in [5, 5.41) is 3.31. The van der Waals surface area contributed by atoms with Crippen LogP contribution in [0, 0.1) is 0 Å². The Kier molecular flexibility index (Phi) is 5.87. The SMILES string of the molecule is C=CCNCCCc1cccc(Oc2ccccc2)c1. The van der Waals surface area contributed by atoms with Gasteiger partial charge in [-0.1, -0.05) is 36.4 Å². The Balaban J connectivity index is 1.86. The summed E-state index contributed by atoms with van der Waals surface area (Å²) in [6, 6.07) is 18.2. The second-order valence-electron chi connectivity index (χ2n) is 4.66. The van der Waals surface area contributed by atoms with Crippen molar-refractivity contribution >= 4 is 0 Å². The molecule has 0 aromatic heterocycles. The van der Waals surface area contributed by atoms with Gasteiger partial charge in [-0.25, -0.2) is 0 Å². The molecule has 0 bridgehead atoms. The summed E-state index contributed by atoms with van der Waals surface area (Å²) in [6.45, 7) is 5.57. The monoisotopic (exact) mass is 267 g/mol. The van der Waals surface area contributed by atoms with E-state index in [9.17, 15) is 0 Å². The molecule has 0 spiro atoms. The third-order valence-electron chi connectivity index (χ3n) is 2.99. The number of hydrogen-bond acceptors (Lipinski definition) is 2. The molecule has 0 amide bonds. The van der Waals surface area contributed by atoms with Gasteiger partial charge in [-0.2, -0.15) is 0 Å². The van der Waals surface area contributed by atoms with Crippen LogP contribution in [0.15, 0.2) is 67.3 Å². The summed E-state index contributed by atoms with van der Waals surface area (Å²) in [5.41, 5.74) is 1.30. The molecule has 104 valence electrons. The number of benzene rings is 2. The van der Waals surface area contributed by atoms with Gasteiger partial charge < -0.3 is 10.1 Å². The van der Waals surface area contributed by atoms with Crippen molar-refractivity contribution < 1.29 is 4.74 Å². The molecule has 20 heavy (non-hydrogen) atoms. The van der Waals surface area contributed by atoms with E-state index in [0.29, 0.717) is 0 Å². The third-order valence-corrected chi connectivity index (χ3v) is 2.99. The average molecular weight is 267 g/mol.